The lowest BCUT2D eigenvalue weighted by Crippen LogP contribution is -2.41. The summed E-state index contributed by atoms with van der Waals surface area (Å²) in [4.78, 5) is 37.9. The smallest absolute Gasteiger partial charge is 0.415 e. The number of rotatable bonds is 1. The van der Waals surface area contributed by atoms with Gasteiger partial charge in [-0.25, -0.2) is 9.18 Å². The molecule has 8 heteroatoms. The van der Waals surface area contributed by atoms with Crippen molar-refractivity contribution < 1.29 is 23.5 Å². The number of cyclic esters (lactones) is 1. The number of nitrogens with zero attached hydrogens (tertiary/aromatic N) is 2. The van der Waals surface area contributed by atoms with Crippen molar-refractivity contribution >= 4 is 29.3 Å². The Morgan fingerprint density at radius 3 is 2.78 bits per heavy atom. The van der Waals surface area contributed by atoms with Crippen LogP contribution in [0.2, 0.25) is 0 Å². The normalized spacial score (nSPS) is 25.1. The summed E-state index contributed by atoms with van der Waals surface area (Å²) in [6, 6.07) is 0.678. The quantitative estimate of drug-likeness (QED) is 0.814. The monoisotopic (exact) mass is 319 g/mol. The third-order valence-electron chi connectivity index (χ3n) is 4.81. The van der Waals surface area contributed by atoms with Crippen molar-refractivity contribution in [2.24, 2.45) is 5.73 Å². The standard InChI is InChI=1S/C15H14FN3O4/c1-18-11(20)3-2-6-7-4-10-13(14(17)21)23-15(22)19(10)9(7)5-8(16)12(6)18/h5,10,13H,2-4H2,1H3,(H2,17,21)/t10-,13?/m0/s1. The summed E-state index contributed by atoms with van der Waals surface area (Å²) < 4.78 is 19.5. The minimum atomic E-state index is -1.04. The lowest BCUT2D eigenvalue weighted by molar-refractivity contribution is -0.125. The van der Waals surface area contributed by atoms with Crippen molar-refractivity contribution in [1.29, 1.82) is 0 Å². The third-order valence-corrected chi connectivity index (χ3v) is 4.81. The molecule has 7 nitrogen and oxygen atoms in total. The van der Waals surface area contributed by atoms with Gasteiger partial charge in [-0.2, -0.15) is 0 Å². The summed E-state index contributed by atoms with van der Waals surface area (Å²) in [5.41, 5.74) is 7.45. The second-order valence-corrected chi connectivity index (χ2v) is 5.98. The van der Waals surface area contributed by atoms with E-state index in [4.69, 9.17) is 10.5 Å². The van der Waals surface area contributed by atoms with Crippen LogP contribution in [0.25, 0.3) is 0 Å². The number of anilines is 2. The molecule has 0 saturated carbocycles. The van der Waals surface area contributed by atoms with Gasteiger partial charge in [-0.05, 0) is 24.0 Å². The summed E-state index contributed by atoms with van der Waals surface area (Å²) in [5.74, 6) is -1.44. The number of hydrogen-bond donors (Lipinski definition) is 1. The van der Waals surface area contributed by atoms with Crippen molar-refractivity contribution in [3.63, 3.8) is 0 Å². The van der Waals surface area contributed by atoms with Crippen LogP contribution >= 0.6 is 0 Å². The van der Waals surface area contributed by atoms with Crippen LogP contribution in [0.4, 0.5) is 20.6 Å². The summed E-state index contributed by atoms with van der Waals surface area (Å²) >= 11 is 0. The van der Waals surface area contributed by atoms with E-state index < -0.39 is 30.0 Å². The van der Waals surface area contributed by atoms with E-state index in [1.807, 2.05) is 0 Å². The highest BCUT2D eigenvalue weighted by Crippen LogP contribution is 2.45. The van der Waals surface area contributed by atoms with Gasteiger partial charge in [0, 0.05) is 19.5 Å². The van der Waals surface area contributed by atoms with Gasteiger partial charge >= 0.3 is 6.09 Å². The fourth-order valence-electron chi connectivity index (χ4n) is 3.76. The molecule has 3 amide bonds. The van der Waals surface area contributed by atoms with Gasteiger partial charge in [0.1, 0.15) is 5.82 Å². The first-order valence-corrected chi connectivity index (χ1v) is 7.30. The topological polar surface area (TPSA) is 92.9 Å². The number of fused-ring (bicyclic) bond motifs is 5. The molecule has 0 spiro atoms. The average Bonchev–Trinajstić information content (AvgIpc) is 3.01. The summed E-state index contributed by atoms with van der Waals surface area (Å²) in [6.07, 6.45) is -0.684. The Balaban J connectivity index is 1.87. The zero-order valence-electron chi connectivity index (χ0n) is 12.3. The van der Waals surface area contributed by atoms with E-state index in [0.717, 1.165) is 5.56 Å². The average molecular weight is 319 g/mol. The Morgan fingerprint density at radius 2 is 2.09 bits per heavy atom. The summed E-state index contributed by atoms with van der Waals surface area (Å²) in [6.45, 7) is 0. The first-order valence-electron chi connectivity index (χ1n) is 7.30. The largest absolute Gasteiger partial charge is 0.433 e. The number of carbonyl (C=O) groups excluding carboxylic acids is 3. The van der Waals surface area contributed by atoms with E-state index in [9.17, 15) is 18.8 Å². The molecule has 2 N–H and O–H groups in total. The van der Waals surface area contributed by atoms with Gasteiger partial charge in [-0.1, -0.05) is 0 Å². The maximum Gasteiger partial charge on any atom is 0.415 e. The van der Waals surface area contributed by atoms with Gasteiger partial charge in [0.25, 0.3) is 5.91 Å². The molecule has 23 heavy (non-hydrogen) atoms. The Kier molecular flexibility index (Phi) is 2.70. The van der Waals surface area contributed by atoms with Crippen LogP contribution in [0.5, 0.6) is 0 Å². The molecule has 3 aliphatic heterocycles. The van der Waals surface area contributed by atoms with Gasteiger partial charge in [-0.15, -0.1) is 0 Å². The maximum absolute atomic E-state index is 14.5. The number of primary amides is 1. The number of nitrogens with two attached hydrogens (primary N) is 1. The molecule has 120 valence electrons. The molecule has 1 aromatic rings. The van der Waals surface area contributed by atoms with E-state index in [2.05, 4.69) is 0 Å². The van der Waals surface area contributed by atoms with Gasteiger partial charge in [0.05, 0.1) is 17.4 Å². The van der Waals surface area contributed by atoms with Gasteiger partial charge in [0.15, 0.2) is 0 Å². The second kappa shape index (κ2) is 4.43. The second-order valence-electron chi connectivity index (χ2n) is 5.98. The Bertz CT molecular complexity index is 778. The number of carbonyl (C=O) groups is 3. The van der Waals surface area contributed by atoms with Gasteiger partial charge in [0.2, 0.25) is 12.0 Å². The van der Waals surface area contributed by atoms with E-state index in [1.54, 1.807) is 0 Å². The SMILES string of the molecule is CN1C(=O)CCc2c3c(cc(F)c21)N1C(=O)OC(C(N)=O)[C@@H]1C3. The highest BCUT2D eigenvalue weighted by molar-refractivity contribution is 6.01. The zero-order valence-corrected chi connectivity index (χ0v) is 12.3. The lowest BCUT2D eigenvalue weighted by Gasteiger charge is -2.28. The Morgan fingerprint density at radius 1 is 1.35 bits per heavy atom. The predicted octanol–water partition coefficient (Wildman–Crippen LogP) is 0.470. The highest BCUT2D eigenvalue weighted by Gasteiger charge is 2.51. The molecule has 0 radical (unpaired) electrons. The first-order chi connectivity index (χ1) is 10.9. The molecule has 1 unspecified atom stereocenters. The number of halogens is 1. The molecule has 1 aromatic carbocycles. The van der Waals surface area contributed by atoms with Crippen molar-refractivity contribution in [2.45, 2.75) is 31.4 Å². The predicted molar refractivity (Wildman–Crippen MR) is 77.6 cm³/mol. The minimum absolute atomic E-state index is 0.149. The number of amides is 3. The van der Waals surface area contributed by atoms with E-state index in [-0.39, 0.29) is 18.0 Å². The van der Waals surface area contributed by atoms with Crippen LogP contribution in [0.3, 0.4) is 0 Å². The molecule has 1 fully saturated rings. The fourth-order valence-corrected chi connectivity index (χ4v) is 3.76. The first kappa shape index (κ1) is 14.0. The van der Waals surface area contributed by atoms with E-state index in [0.29, 0.717) is 24.1 Å². The molecule has 3 heterocycles. The van der Waals surface area contributed by atoms with Crippen molar-refractivity contribution in [3.05, 3.63) is 23.0 Å². The van der Waals surface area contributed by atoms with Crippen LogP contribution < -0.4 is 15.5 Å². The van der Waals surface area contributed by atoms with Crippen LogP contribution in [0.1, 0.15) is 17.5 Å². The molecule has 1 saturated heterocycles. The minimum Gasteiger partial charge on any atom is -0.433 e. The third kappa shape index (κ3) is 1.71. The highest BCUT2D eigenvalue weighted by atomic mass is 19.1. The van der Waals surface area contributed by atoms with Crippen LogP contribution in [-0.2, 0) is 27.2 Å². The fraction of sp³-hybridized carbons (Fsp3) is 0.400. The Labute approximate surface area is 130 Å². The van der Waals surface area contributed by atoms with Crippen molar-refractivity contribution in [2.75, 3.05) is 16.8 Å². The lowest BCUT2D eigenvalue weighted by atomic mass is 9.92. The van der Waals surface area contributed by atoms with Crippen LogP contribution in [0, 0.1) is 5.82 Å². The Hall–Kier alpha value is -2.64. The van der Waals surface area contributed by atoms with E-state index in [1.165, 1.54) is 22.9 Å². The number of ether oxygens (including phenoxy) is 1. The number of hydrogen-bond acceptors (Lipinski definition) is 4. The molecular weight excluding hydrogens is 305 g/mol. The van der Waals surface area contributed by atoms with E-state index >= 15 is 0 Å². The van der Waals surface area contributed by atoms with Crippen LogP contribution in [-0.4, -0.2) is 37.1 Å². The summed E-state index contributed by atoms with van der Waals surface area (Å²) in [7, 11) is 1.53. The molecule has 4 rings (SSSR count). The number of benzene rings is 1. The molecule has 0 bridgehead atoms. The van der Waals surface area contributed by atoms with Crippen molar-refractivity contribution in [3.8, 4) is 0 Å². The molecule has 2 atom stereocenters. The zero-order chi connectivity index (χ0) is 16.5. The van der Waals surface area contributed by atoms with Crippen LogP contribution in [0.15, 0.2) is 6.07 Å². The summed E-state index contributed by atoms with van der Waals surface area (Å²) in [5, 5.41) is 0. The van der Waals surface area contributed by atoms with Crippen molar-refractivity contribution in [1.82, 2.24) is 0 Å². The maximum atomic E-state index is 14.5. The molecule has 0 aromatic heterocycles. The van der Waals surface area contributed by atoms with Gasteiger partial charge in [-0.3, -0.25) is 14.5 Å². The van der Waals surface area contributed by atoms with Gasteiger partial charge < -0.3 is 15.4 Å². The molecule has 0 aliphatic carbocycles. The molecule has 3 aliphatic rings. The molecular formula is C15H14FN3O4.